The van der Waals surface area contributed by atoms with E-state index in [0.29, 0.717) is 11.7 Å². The van der Waals surface area contributed by atoms with Crippen LogP contribution in [0, 0.1) is 11.7 Å². The Balaban J connectivity index is 1.81. The van der Waals surface area contributed by atoms with E-state index in [2.05, 4.69) is 5.32 Å². The maximum atomic E-state index is 12.8. The Morgan fingerprint density at radius 3 is 2.94 bits per heavy atom. The molecule has 0 spiro atoms. The molecule has 0 saturated heterocycles. The molecule has 1 N–H and O–H groups in total. The van der Waals surface area contributed by atoms with Crippen molar-refractivity contribution in [2.24, 2.45) is 5.92 Å². The first kappa shape index (κ1) is 13.1. The Morgan fingerprint density at radius 2 is 2.33 bits per heavy atom. The molecule has 1 fully saturated rings. The minimum atomic E-state index is -0.431. The van der Waals surface area contributed by atoms with Crippen molar-refractivity contribution in [3.8, 4) is 5.75 Å². The Bertz CT molecular complexity index is 449. The summed E-state index contributed by atoms with van der Waals surface area (Å²) in [4.78, 5) is 11.6. The molecule has 98 valence electrons. The summed E-state index contributed by atoms with van der Waals surface area (Å²) in [6.07, 6.45) is 2.35. The molecule has 0 aromatic heterocycles. The van der Waals surface area contributed by atoms with Crippen LogP contribution in [-0.4, -0.2) is 18.6 Å². The molecule has 5 heteroatoms. The molecular weight excluding hydrogens is 257 g/mol. The molecule has 0 radical (unpaired) electrons. The molecule has 0 bridgehead atoms. The minimum absolute atomic E-state index is 0.109. The van der Waals surface area contributed by atoms with E-state index in [9.17, 15) is 9.18 Å². The van der Waals surface area contributed by atoms with Gasteiger partial charge in [-0.25, -0.2) is 4.39 Å². The number of nitrogens with one attached hydrogen (secondary N) is 1. The van der Waals surface area contributed by atoms with Crippen molar-refractivity contribution >= 4 is 17.5 Å². The number of carbonyl (C=O) groups is 1. The van der Waals surface area contributed by atoms with Gasteiger partial charge in [0.25, 0.3) is 5.91 Å². The van der Waals surface area contributed by atoms with E-state index in [0.717, 1.165) is 6.07 Å². The zero-order valence-electron chi connectivity index (χ0n) is 10.1. The summed E-state index contributed by atoms with van der Waals surface area (Å²) in [5.74, 6) is 0.296. The quantitative estimate of drug-likeness (QED) is 0.894. The summed E-state index contributed by atoms with van der Waals surface area (Å²) in [5.41, 5.74) is 0. The summed E-state index contributed by atoms with van der Waals surface area (Å²) < 4.78 is 18.0. The second-order valence-electron chi connectivity index (χ2n) is 4.56. The van der Waals surface area contributed by atoms with Crippen LogP contribution in [-0.2, 0) is 4.79 Å². The molecule has 1 unspecified atom stereocenters. The maximum absolute atomic E-state index is 12.8. The first-order valence-corrected chi connectivity index (χ1v) is 6.31. The van der Waals surface area contributed by atoms with Crippen molar-refractivity contribution in [1.82, 2.24) is 5.32 Å². The molecule has 1 amide bonds. The number of ether oxygens (including phenoxy) is 1. The van der Waals surface area contributed by atoms with E-state index in [4.69, 9.17) is 16.3 Å². The van der Waals surface area contributed by atoms with Gasteiger partial charge in [-0.1, -0.05) is 11.6 Å². The van der Waals surface area contributed by atoms with Gasteiger partial charge in [0, 0.05) is 6.04 Å². The monoisotopic (exact) mass is 271 g/mol. The number of halogens is 2. The van der Waals surface area contributed by atoms with E-state index in [1.54, 1.807) is 0 Å². The number of hydrogen-bond donors (Lipinski definition) is 1. The fraction of sp³-hybridized carbons (Fsp3) is 0.462. The molecule has 2 rings (SSSR count). The topological polar surface area (TPSA) is 38.3 Å². The second kappa shape index (κ2) is 5.57. The van der Waals surface area contributed by atoms with E-state index >= 15 is 0 Å². The van der Waals surface area contributed by atoms with Crippen molar-refractivity contribution in [3.63, 3.8) is 0 Å². The van der Waals surface area contributed by atoms with Crippen LogP contribution in [0.15, 0.2) is 18.2 Å². The first-order valence-electron chi connectivity index (χ1n) is 5.93. The Hall–Kier alpha value is -1.29. The van der Waals surface area contributed by atoms with Crippen LogP contribution in [0.5, 0.6) is 5.75 Å². The van der Waals surface area contributed by atoms with Gasteiger partial charge in [-0.05, 0) is 43.9 Å². The number of carbonyl (C=O) groups excluding carboxylic acids is 1. The lowest BCUT2D eigenvalue weighted by molar-refractivity contribution is -0.123. The third kappa shape index (κ3) is 3.60. The van der Waals surface area contributed by atoms with Crippen LogP contribution in [0.3, 0.4) is 0 Å². The largest absolute Gasteiger partial charge is 0.482 e. The number of hydrogen-bond acceptors (Lipinski definition) is 2. The third-order valence-electron chi connectivity index (χ3n) is 2.97. The molecule has 1 aliphatic rings. The normalized spacial score (nSPS) is 16.2. The molecule has 1 aromatic carbocycles. The van der Waals surface area contributed by atoms with Gasteiger partial charge in [0.2, 0.25) is 0 Å². The van der Waals surface area contributed by atoms with Gasteiger partial charge in [0.15, 0.2) is 6.61 Å². The van der Waals surface area contributed by atoms with Gasteiger partial charge in [0.05, 0.1) is 5.02 Å². The molecule has 3 nitrogen and oxygen atoms in total. The fourth-order valence-corrected chi connectivity index (χ4v) is 1.97. The SMILES string of the molecule is CC(NC(=O)COc1ccc(F)cc1Cl)C1CC1. The molecule has 0 heterocycles. The van der Waals surface area contributed by atoms with Gasteiger partial charge < -0.3 is 10.1 Å². The van der Waals surface area contributed by atoms with E-state index in [1.165, 1.54) is 25.0 Å². The maximum Gasteiger partial charge on any atom is 0.258 e. The average Bonchev–Trinajstić information content (AvgIpc) is 3.11. The Morgan fingerprint density at radius 1 is 1.61 bits per heavy atom. The summed E-state index contributed by atoms with van der Waals surface area (Å²) >= 11 is 5.78. The summed E-state index contributed by atoms with van der Waals surface area (Å²) in [5, 5.41) is 3.03. The molecule has 18 heavy (non-hydrogen) atoms. The molecule has 1 atom stereocenters. The highest BCUT2D eigenvalue weighted by Crippen LogP contribution is 2.32. The van der Waals surface area contributed by atoms with Crippen LogP contribution < -0.4 is 10.1 Å². The van der Waals surface area contributed by atoms with Crippen LogP contribution in [0.2, 0.25) is 5.02 Å². The average molecular weight is 272 g/mol. The van der Waals surface area contributed by atoms with Crippen molar-refractivity contribution in [2.75, 3.05) is 6.61 Å². The lowest BCUT2D eigenvalue weighted by Gasteiger charge is -2.13. The zero-order chi connectivity index (χ0) is 13.1. The Kier molecular flexibility index (Phi) is 4.07. The molecule has 0 aliphatic heterocycles. The van der Waals surface area contributed by atoms with Gasteiger partial charge >= 0.3 is 0 Å². The van der Waals surface area contributed by atoms with Crippen molar-refractivity contribution in [3.05, 3.63) is 29.0 Å². The van der Waals surface area contributed by atoms with Crippen LogP contribution in [0.4, 0.5) is 4.39 Å². The lowest BCUT2D eigenvalue weighted by atomic mass is 10.2. The van der Waals surface area contributed by atoms with Gasteiger partial charge in [-0.2, -0.15) is 0 Å². The van der Waals surface area contributed by atoms with E-state index in [1.807, 2.05) is 6.92 Å². The van der Waals surface area contributed by atoms with Crippen molar-refractivity contribution in [1.29, 1.82) is 0 Å². The molecule has 1 aliphatic carbocycles. The van der Waals surface area contributed by atoms with E-state index in [-0.39, 0.29) is 23.6 Å². The number of rotatable bonds is 5. The predicted molar refractivity (Wildman–Crippen MR) is 67.2 cm³/mol. The minimum Gasteiger partial charge on any atom is -0.482 e. The Labute approximate surface area is 110 Å². The van der Waals surface area contributed by atoms with Crippen LogP contribution in [0.25, 0.3) is 0 Å². The summed E-state index contributed by atoms with van der Waals surface area (Å²) in [6, 6.07) is 3.99. The smallest absolute Gasteiger partial charge is 0.258 e. The van der Waals surface area contributed by atoms with Crippen molar-refractivity contribution < 1.29 is 13.9 Å². The number of benzene rings is 1. The number of amides is 1. The third-order valence-corrected chi connectivity index (χ3v) is 3.27. The second-order valence-corrected chi connectivity index (χ2v) is 4.96. The highest BCUT2D eigenvalue weighted by atomic mass is 35.5. The van der Waals surface area contributed by atoms with Gasteiger partial charge in [0.1, 0.15) is 11.6 Å². The zero-order valence-corrected chi connectivity index (χ0v) is 10.8. The van der Waals surface area contributed by atoms with Gasteiger partial charge in [-0.15, -0.1) is 0 Å². The van der Waals surface area contributed by atoms with Crippen LogP contribution in [0.1, 0.15) is 19.8 Å². The standard InChI is InChI=1S/C13H15ClFNO2/c1-8(9-2-3-9)16-13(17)7-18-12-5-4-10(15)6-11(12)14/h4-6,8-9H,2-3,7H2,1H3,(H,16,17). The van der Waals surface area contributed by atoms with Gasteiger partial charge in [-0.3, -0.25) is 4.79 Å². The first-order chi connectivity index (χ1) is 8.56. The van der Waals surface area contributed by atoms with E-state index < -0.39 is 5.82 Å². The molecule has 1 aromatic rings. The lowest BCUT2D eigenvalue weighted by Crippen LogP contribution is -2.37. The highest BCUT2D eigenvalue weighted by molar-refractivity contribution is 6.32. The van der Waals surface area contributed by atoms with Crippen molar-refractivity contribution in [2.45, 2.75) is 25.8 Å². The predicted octanol–water partition coefficient (Wildman–Crippen LogP) is 2.77. The fourth-order valence-electron chi connectivity index (χ4n) is 1.75. The summed E-state index contributed by atoms with van der Waals surface area (Å²) in [6.45, 7) is 1.88. The summed E-state index contributed by atoms with van der Waals surface area (Å²) in [7, 11) is 0. The molecule has 1 saturated carbocycles. The van der Waals surface area contributed by atoms with Crippen LogP contribution >= 0.6 is 11.6 Å². The molecular formula is C13H15ClFNO2. The highest BCUT2D eigenvalue weighted by Gasteiger charge is 2.28.